The quantitative estimate of drug-likeness (QED) is 0.103. The maximum atomic E-state index is 13.1. The second-order valence-electron chi connectivity index (χ2n) is 9.53. The molecule has 0 amide bonds. The number of esters is 1. The van der Waals surface area contributed by atoms with Crippen LogP contribution in [0.2, 0.25) is 0 Å². The number of rotatable bonds is 10. The van der Waals surface area contributed by atoms with Crippen LogP contribution in [0.1, 0.15) is 31.4 Å². The van der Waals surface area contributed by atoms with Crippen LogP contribution in [0.3, 0.4) is 0 Å². The van der Waals surface area contributed by atoms with E-state index in [4.69, 9.17) is 21.3 Å². The van der Waals surface area contributed by atoms with Gasteiger partial charge in [0.15, 0.2) is 6.10 Å². The normalized spacial score (nSPS) is 16.2. The molecule has 1 aliphatic rings. The van der Waals surface area contributed by atoms with Crippen molar-refractivity contribution in [1.29, 1.82) is 0 Å². The van der Waals surface area contributed by atoms with Gasteiger partial charge in [0.2, 0.25) is 0 Å². The van der Waals surface area contributed by atoms with Gasteiger partial charge in [-0.1, -0.05) is 141 Å². The monoisotopic (exact) mass is 553 g/mol. The van der Waals surface area contributed by atoms with Crippen LogP contribution in [0.15, 0.2) is 121 Å². The smallest absolute Gasteiger partial charge is 0.337 e. The van der Waals surface area contributed by atoms with E-state index in [0.29, 0.717) is 6.61 Å². The van der Waals surface area contributed by atoms with Crippen molar-refractivity contribution in [2.45, 2.75) is 31.9 Å². The average Bonchev–Trinajstić information content (AvgIpc) is 3.36. The molecule has 0 spiro atoms. The molecular weight excluding hydrogens is 521 g/mol. The lowest BCUT2D eigenvalue weighted by molar-refractivity contribution is -0.140. The molecule has 4 aromatic rings. The minimum atomic E-state index is -2.54. The summed E-state index contributed by atoms with van der Waals surface area (Å²) in [5.41, 5.74) is 3.23. The summed E-state index contributed by atoms with van der Waals surface area (Å²) >= 11 is 6.52. The highest BCUT2D eigenvalue weighted by atomic mass is 32.4. The molecule has 0 saturated heterocycles. The number of carbonyl (C=O) groups excluding carboxylic acids is 1. The Kier molecular flexibility index (Phi) is 8.42. The first-order valence-electron chi connectivity index (χ1n) is 13.2. The Balaban J connectivity index is 1.60. The Hall–Kier alpha value is -3.50. The molecule has 4 aromatic carbocycles. The van der Waals surface area contributed by atoms with Gasteiger partial charge < -0.3 is 9.47 Å². The fraction of sp³-hybridized carbons (Fsp3) is 0.182. The lowest BCUT2D eigenvalue weighted by Gasteiger charge is -2.31. The molecule has 0 fully saturated rings. The molecule has 0 unspecified atom stereocenters. The number of ether oxygens (including phenoxy) is 2. The van der Waals surface area contributed by atoms with Crippen molar-refractivity contribution in [2.75, 3.05) is 6.61 Å². The van der Waals surface area contributed by atoms with Crippen LogP contribution in [0.5, 0.6) is 5.75 Å². The number of hydrogen-bond donors (Lipinski definition) is 1. The van der Waals surface area contributed by atoms with Crippen molar-refractivity contribution < 1.29 is 14.3 Å². The van der Waals surface area contributed by atoms with Crippen molar-refractivity contribution >= 4 is 34.6 Å². The SMILES string of the molecule is C=C(C(=O)OCCCC)[C@@H]1Oc2c(-c3ccccc3)cccc2[C@H]1NP(=S)(c1ccccc1)c1ccccc1. The molecule has 1 aliphatic heterocycles. The van der Waals surface area contributed by atoms with Crippen LogP contribution in [0.25, 0.3) is 11.1 Å². The third-order valence-electron chi connectivity index (χ3n) is 6.91. The van der Waals surface area contributed by atoms with E-state index in [1.54, 1.807) is 0 Å². The highest BCUT2D eigenvalue weighted by molar-refractivity contribution is 8.20. The molecule has 0 radical (unpaired) electrons. The molecule has 2 atom stereocenters. The molecule has 198 valence electrons. The van der Waals surface area contributed by atoms with Crippen LogP contribution < -0.4 is 20.4 Å². The van der Waals surface area contributed by atoms with Crippen LogP contribution in [-0.4, -0.2) is 18.7 Å². The highest BCUT2D eigenvalue weighted by Gasteiger charge is 2.43. The van der Waals surface area contributed by atoms with Gasteiger partial charge in [-0.05, 0) is 12.0 Å². The molecule has 0 saturated carbocycles. The third-order valence-corrected chi connectivity index (χ3v) is 11.2. The number of fused-ring (bicyclic) bond motifs is 1. The number of nitrogens with one attached hydrogen (secondary N) is 1. The second kappa shape index (κ2) is 12.1. The Morgan fingerprint density at radius 1 is 0.897 bits per heavy atom. The average molecular weight is 554 g/mol. The van der Waals surface area contributed by atoms with Gasteiger partial charge in [-0.15, -0.1) is 0 Å². The predicted octanol–water partition coefficient (Wildman–Crippen LogP) is 6.69. The van der Waals surface area contributed by atoms with Gasteiger partial charge in [0.25, 0.3) is 0 Å². The lowest BCUT2D eigenvalue weighted by atomic mass is 9.96. The standard InChI is InChI=1S/C33H32NO3PS/c1-3-4-23-36-33(35)24(2)31-30(29-22-14-21-28(32(29)37-31)25-15-8-5-9-16-25)34-38(39,26-17-10-6-11-18-26)27-19-12-7-13-20-27/h5-22,30-31H,2-4,23H2,1H3,(H,34,39)/t30-,31+/m1/s1. The second-order valence-corrected chi connectivity index (χ2v) is 13.7. The summed E-state index contributed by atoms with van der Waals surface area (Å²) in [7, 11) is 0. The number of unbranched alkanes of at least 4 members (excludes halogenated alkanes) is 1. The fourth-order valence-corrected chi connectivity index (χ4v) is 8.35. The van der Waals surface area contributed by atoms with Crippen molar-refractivity contribution in [3.8, 4) is 16.9 Å². The molecule has 0 aliphatic carbocycles. The Labute approximate surface area is 235 Å². The van der Waals surface area contributed by atoms with Crippen LogP contribution in [0, 0.1) is 0 Å². The van der Waals surface area contributed by atoms with Crippen LogP contribution in [-0.2, 0) is 21.3 Å². The number of para-hydroxylation sites is 1. The summed E-state index contributed by atoms with van der Waals surface area (Å²) in [4.78, 5) is 13.1. The van der Waals surface area contributed by atoms with Crippen LogP contribution in [0.4, 0.5) is 0 Å². The maximum Gasteiger partial charge on any atom is 0.337 e. The van der Waals surface area contributed by atoms with Crippen LogP contribution >= 0.6 is 6.19 Å². The minimum Gasteiger partial charge on any atom is -0.482 e. The third kappa shape index (κ3) is 5.62. The zero-order chi connectivity index (χ0) is 27.2. The molecule has 5 rings (SSSR count). The van der Waals surface area contributed by atoms with Crippen molar-refractivity contribution in [3.05, 3.63) is 127 Å². The van der Waals surface area contributed by atoms with Gasteiger partial charge in [0.05, 0.1) is 24.4 Å². The lowest BCUT2D eigenvalue weighted by Crippen LogP contribution is -2.38. The Morgan fingerprint density at radius 3 is 2.08 bits per heavy atom. The van der Waals surface area contributed by atoms with E-state index in [-0.39, 0.29) is 5.57 Å². The summed E-state index contributed by atoms with van der Waals surface area (Å²) in [5.74, 6) is 0.290. The first-order valence-corrected chi connectivity index (χ1v) is 16.0. The number of carbonyl (C=O) groups is 1. The van der Waals surface area contributed by atoms with Gasteiger partial charge in [0, 0.05) is 21.7 Å². The van der Waals surface area contributed by atoms with Gasteiger partial charge in [-0.3, -0.25) is 5.09 Å². The van der Waals surface area contributed by atoms with E-state index in [0.717, 1.165) is 45.9 Å². The fourth-order valence-electron chi connectivity index (χ4n) is 4.83. The number of benzene rings is 4. The van der Waals surface area contributed by atoms with E-state index < -0.39 is 24.3 Å². The highest BCUT2D eigenvalue weighted by Crippen LogP contribution is 2.50. The summed E-state index contributed by atoms with van der Waals surface area (Å²) in [5, 5.41) is 5.92. The molecule has 6 heteroatoms. The minimum absolute atomic E-state index is 0.279. The van der Waals surface area contributed by atoms with Crippen molar-refractivity contribution in [2.24, 2.45) is 0 Å². The van der Waals surface area contributed by atoms with Gasteiger partial charge in [0.1, 0.15) is 5.75 Å². The molecule has 39 heavy (non-hydrogen) atoms. The molecule has 4 nitrogen and oxygen atoms in total. The summed E-state index contributed by atoms with van der Waals surface area (Å²) in [6, 6.07) is 36.1. The van der Waals surface area contributed by atoms with Crippen molar-refractivity contribution in [1.82, 2.24) is 5.09 Å². The zero-order valence-corrected chi connectivity index (χ0v) is 23.7. The molecule has 0 bridgehead atoms. The molecule has 1 N–H and O–H groups in total. The maximum absolute atomic E-state index is 13.1. The molecule has 1 heterocycles. The zero-order valence-electron chi connectivity index (χ0n) is 22.0. The summed E-state index contributed by atoms with van der Waals surface area (Å²) in [6.45, 7) is 6.58. The first-order chi connectivity index (χ1) is 19.0. The van der Waals surface area contributed by atoms with E-state index in [9.17, 15) is 4.79 Å². The van der Waals surface area contributed by atoms with E-state index in [2.05, 4.69) is 55.0 Å². The largest absolute Gasteiger partial charge is 0.482 e. The van der Waals surface area contributed by atoms with Gasteiger partial charge >= 0.3 is 5.97 Å². The molecule has 0 aromatic heterocycles. The summed E-state index contributed by atoms with van der Waals surface area (Å²) < 4.78 is 12.2. The summed E-state index contributed by atoms with van der Waals surface area (Å²) in [6.07, 6.45) is -1.48. The number of hydrogen-bond acceptors (Lipinski definition) is 4. The van der Waals surface area contributed by atoms with E-state index in [1.807, 2.05) is 72.8 Å². The predicted molar refractivity (Wildman–Crippen MR) is 164 cm³/mol. The van der Waals surface area contributed by atoms with Gasteiger partial charge in [-0.25, -0.2) is 4.79 Å². The topological polar surface area (TPSA) is 47.6 Å². The Morgan fingerprint density at radius 2 is 1.49 bits per heavy atom. The van der Waals surface area contributed by atoms with Crippen molar-refractivity contribution in [3.63, 3.8) is 0 Å². The van der Waals surface area contributed by atoms with Gasteiger partial charge in [-0.2, -0.15) is 0 Å². The first kappa shape index (κ1) is 27.1. The molecular formula is C33H32NO3PS. The Bertz CT molecular complexity index is 1450. The van der Waals surface area contributed by atoms with E-state index >= 15 is 0 Å². The van der Waals surface area contributed by atoms with E-state index in [1.165, 1.54) is 0 Å².